The van der Waals surface area contributed by atoms with E-state index in [4.69, 9.17) is 9.47 Å². The highest BCUT2D eigenvalue weighted by Gasteiger charge is 2.33. The molecular weight excluding hydrogens is 438 g/mol. The van der Waals surface area contributed by atoms with Crippen LogP contribution in [0.1, 0.15) is 35.3 Å². The highest BCUT2D eigenvalue weighted by molar-refractivity contribution is 5.91. The minimum absolute atomic E-state index is 0.157. The van der Waals surface area contributed by atoms with Gasteiger partial charge in [-0.25, -0.2) is 4.79 Å². The van der Waals surface area contributed by atoms with Gasteiger partial charge < -0.3 is 24.3 Å². The molecule has 2 amide bonds. The van der Waals surface area contributed by atoms with Gasteiger partial charge in [0.25, 0.3) is 0 Å². The number of nitrogens with zero attached hydrogens (tertiary/aromatic N) is 2. The van der Waals surface area contributed by atoms with Gasteiger partial charge in [-0.3, -0.25) is 0 Å². The molecule has 35 heavy (non-hydrogen) atoms. The van der Waals surface area contributed by atoms with Crippen molar-refractivity contribution in [2.45, 2.75) is 25.9 Å². The summed E-state index contributed by atoms with van der Waals surface area (Å²) in [4.78, 5) is 15.8. The molecule has 0 fully saturated rings. The Hall–Kier alpha value is -4.19. The number of anilines is 1. The first-order chi connectivity index (χ1) is 17.1. The summed E-state index contributed by atoms with van der Waals surface area (Å²) in [5, 5.41) is 3.19. The number of aryl methyl sites for hydroxylation is 1. The number of urea groups is 1. The van der Waals surface area contributed by atoms with Crippen molar-refractivity contribution in [2.24, 2.45) is 0 Å². The van der Waals surface area contributed by atoms with Crippen molar-refractivity contribution < 1.29 is 14.3 Å². The zero-order chi connectivity index (χ0) is 24.4. The number of methoxy groups -OCH3 is 2. The highest BCUT2D eigenvalue weighted by atomic mass is 16.5. The fourth-order valence-corrected chi connectivity index (χ4v) is 4.85. The van der Waals surface area contributed by atoms with Crippen LogP contribution >= 0.6 is 0 Å². The van der Waals surface area contributed by atoms with Gasteiger partial charge in [-0.1, -0.05) is 49.4 Å². The minimum atomic E-state index is -0.342. The summed E-state index contributed by atoms with van der Waals surface area (Å²) in [7, 11) is 3.25. The molecule has 0 radical (unpaired) electrons. The number of carbonyl (C=O) groups excluding carboxylic acids is 1. The molecule has 1 N–H and O–H groups in total. The Bertz CT molecular complexity index is 1360. The molecule has 1 atom stereocenters. The zero-order valence-electron chi connectivity index (χ0n) is 20.2. The molecule has 5 rings (SSSR count). The second kappa shape index (κ2) is 9.58. The normalized spacial score (nSPS) is 14.5. The maximum absolute atomic E-state index is 13.9. The van der Waals surface area contributed by atoms with Crippen molar-refractivity contribution in [1.82, 2.24) is 9.47 Å². The maximum atomic E-state index is 13.9. The van der Waals surface area contributed by atoms with E-state index in [1.54, 1.807) is 14.2 Å². The van der Waals surface area contributed by atoms with E-state index in [0.717, 1.165) is 40.2 Å². The SMILES string of the molecule is CCc1ccccc1NC(=O)N1Cc2ccccc2-n2cccc2C1c1ccc(OC)c(OC)c1. The molecule has 1 unspecified atom stereocenters. The second-order valence-corrected chi connectivity index (χ2v) is 8.52. The van der Waals surface area contributed by atoms with Crippen LogP contribution in [-0.4, -0.2) is 29.7 Å². The summed E-state index contributed by atoms with van der Waals surface area (Å²) >= 11 is 0. The van der Waals surface area contributed by atoms with Gasteiger partial charge in [0.15, 0.2) is 11.5 Å². The van der Waals surface area contributed by atoms with Gasteiger partial charge in [0.1, 0.15) is 0 Å². The van der Waals surface area contributed by atoms with E-state index in [1.807, 2.05) is 65.6 Å². The summed E-state index contributed by atoms with van der Waals surface area (Å²) in [6, 6.07) is 25.6. The molecule has 0 spiro atoms. The van der Waals surface area contributed by atoms with Crippen LogP contribution in [0.3, 0.4) is 0 Å². The Kier molecular flexibility index (Phi) is 6.19. The van der Waals surface area contributed by atoms with Gasteiger partial charge in [-0.15, -0.1) is 0 Å². The first kappa shape index (κ1) is 22.6. The molecule has 6 nitrogen and oxygen atoms in total. The minimum Gasteiger partial charge on any atom is -0.493 e. The Morgan fingerprint density at radius 1 is 0.943 bits per heavy atom. The molecule has 178 valence electrons. The molecule has 1 aromatic heterocycles. The van der Waals surface area contributed by atoms with Crippen LogP contribution in [0.2, 0.25) is 0 Å². The van der Waals surface area contributed by atoms with Gasteiger partial charge in [0.05, 0.1) is 32.5 Å². The third-order valence-electron chi connectivity index (χ3n) is 6.59. The number of carbonyl (C=O) groups is 1. The Morgan fingerprint density at radius 3 is 2.51 bits per heavy atom. The van der Waals surface area contributed by atoms with Crippen molar-refractivity contribution in [3.8, 4) is 17.2 Å². The zero-order valence-corrected chi connectivity index (χ0v) is 20.2. The first-order valence-electron chi connectivity index (χ1n) is 11.8. The number of ether oxygens (including phenoxy) is 2. The largest absolute Gasteiger partial charge is 0.493 e. The Labute approximate surface area is 205 Å². The molecule has 0 bridgehead atoms. The molecule has 6 heteroatoms. The van der Waals surface area contributed by atoms with Crippen LogP contribution < -0.4 is 14.8 Å². The average molecular weight is 468 g/mol. The predicted octanol–water partition coefficient (Wildman–Crippen LogP) is 6.19. The van der Waals surface area contributed by atoms with Crippen LogP contribution in [-0.2, 0) is 13.0 Å². The van der Waals surface area contributed by atoms with Gasteiger partial charge in [0, 0.05) is 17.6 Å². The lowest BCUT2D eigenvalue weighted by atomic mass is 10.0. The Balaban J connectivity index is 1.65. The molecule has 1 aliphatic rings. The van der Waals surface area contributed by atoms with Gasteiger partial charge in [-0.05, 0) is 59.5 Å². The van der Waals surface area contributed by atoms with Crippen LogP contribution in [0.25, 0.3) is 5.69 Å². The number of fused-ring (bicyclic) bond motifs is 3. The van der Waals surface area contributed by atoms with Crippen LogP contribution in [0.4, 0.5) is 10.5 Å². The van der Waals surface area contributed by atoms with Crippen molar-refractivity contribution in [3.63, 3.8) is 0 Å². The number of nitrogens with one attached hydrogen (secondary N) is 1. The summed E-state index contributed by atoms with van der Waals surface area (Å²) < 4.78 is 13.2. The molecule has 0 aliphatic carbocycles. The molecule has 0 saturated heterocycles. The second-order valence-electron chi connectivity index (χ2n) is 8.52. The van der Waals surface area contributed by atoms with E-state index in [1.165, 1.54) is 0 Å². The molecule has 0 saturated carbocycles. The summed E-state index contributed by atoms with van der Waals surface area (Å²) in [5.41, 5.74) is 6.02. The van der Waals surface area contributed by atoms with Crippen LogP contribution in [0, 0.1) is 0 Å². The third-order valence-corrected chi connectivity index (χ3v) is 6.59. The van der Waals surface area contributed by atoms with Crippen LogP contribution in [0.15, 0.2) is 85.1 Å². The number of hydrogen-bond donors (Lipinski definition) is 1. The summed E-state index contributed by atoms with van der Waals surface area (Å²) in [6.45, 7) is 2.55. The number of aromatic nitrogens is 1. The van der Waals surface area contributed by atoms with Gasteiger partial charge in [-0.2, -0.15) is 0 Å². The van der Waals surface area contributed by atoms with E-state index in [9.17, 15) is 4.79 Å². The summed E-state index contributed by atoms with van der Waals surface area (Å²) in [5.74, 6) is 1.28. The van der Waals surface area contributed by atoms with E-state index in [2.05, 4.69) is 41.2 Å². The third kappa shape index (κ3) is 4.12. The van der Waals surface area contributed by atoms with Crippen molar-refractivity contribution in [1.29, 1.82) is 0 Å². The molecule has 3 aromatic carbocycles. The van der Waals surface area contributed by atoms with Gasteiger partial charge >= 0.3 is 6.03 Å². The molecular formula is C29H29N3O3. The lowest BCUT2D eigenvalue weighted by Crippen LogP contribution is -2.38. The summed E-state index contributed by atoms with van der Waals surface area (Å²) in [6.07, 6.45) is 2.89. The van der Waals surface area contributed by atoms with Gasteiger partial charge in [0.2, 0.25) is 0 Å². The quantitative estimate of drug-likeness (QED) is 0.381. The van der Waals surface area contributed by atoms with Crippen molar-refractivity contribution in [3.05, 3.63) is 107 Å². The number of para-hydroxylation sites is 2. The standard InChI is InChI=1S/C29H29N3O3/c1-4-20-10-5-7-12-23(20)30-29(33)32-19-22-11-6-8-13-24(22)31-17-9-14-25(31)28(32)21-15-16-26(34-2)27(18-21)35-3/h5-18,28H,4,19H2,1-3H3,(H,30,33). The smallest absolute Gasteiger partial charge is 0.322 e. The Morgan fingerprint density at radius 2 is 1.71 bits per heavy atom. The highest BCUT2D eigenvalue weighted by Crippen LogP contribution is 2.40. The molecule has 1 aliphatic heterocycles. The predicted molar refractivity (Wildman–Crippen MR) is 138 cm³/mol. The number of benzene rings is 3. The van der Waals surface area contributed by atoms with E-state index in [0.29, 0.717) is 18.0 Å². The van der Waals surface area contributed by atoms with Crippen molar-refractivity contribution >= 4 is 11.7 Å². The maximum Gasteiger partial charge on any atom is 0.322 e. The van der Waals surface area contributed by atoms with E-state index >= 15 is 0 Å². The van der Waals surface area contributed by atoms with E-state index < -0.39 is 0 Å². The lowest BCUT2D eigenvalue weighted by molar-refractivity contribution is 0.194. The lowest BCUT2D eigenvalue weighted by Gasteiger charge is -2.31. The monoisotopic (exact) mass is 467 g/mol. The fraction of sp³-hybridized carbons (Fsp3) is 0.207. The average Bonchev–Trinajstić information content (AvgIpc) is 3.32. The number of amides is 2. The van der Waals surface area contributed by atoms with Crippen molar-refractivity contribution in [2.75, 3.05) is 19.5 Å². The molecule has 2 heterocycles. The number of hydrogen-bond acceptors (Lipinski definition) is 3. The number of rotatable bonds is 5. The topological polar surface area (TPSA) is 55.7 Å². The van der Waals surface area contributed by atoms with Crippen LogP contribution in [0.5, 0.6) is 11.5 Å². The van der Waals surface area contributed by atoms with E-state index in [-0.39, 0.29) is 12.1 Å². The fourth-order valence-electron chi connectivity index (χ4n) is 4.85. The first-order valence-corrected chi connectivity index (χ1v) is 11.8. The molecule has 4 aromatic rings.